The van der Waals surface area contributed by atoms with E-state index >= 15 is 0 Å². The highest BCUT2D eigenvalue weighted by atomic mass is 32.2. The Morgan fingerprint density at radius 2 is 2.03 bits per heavy atom. The molecule has 3 rings (SSSR count). The van der Waals surface area contributed by atoms with E-state index in [-0.39, 0.29) is 17.6 Å². The van der Waals surface area contributed by atoms with Crippen molar-refractivity contribution in [2.45, 2.75) is 19.0 Å². The minimum atomic E-state index is -0.187. The summed E-state index contributed by atoms with van der Waals surface area (Å²) in [6.07, 6.45) is 3.81. The summed E-state index contributed by atoms with van der Waals surface area (Å²) in [5.74, 6) is 0.566. The fraction of sp³-hybridized carbons (Fsp3) is 0.238. The second kappa shape index (κ2) is 10.7. The van der Waals surface area contributed by atoms with Crippen LogP contribution in [0, 0.1) is 0 Å². The Bertz CT molecular complexity index is 1010. The molecule has 30 heavy (non-hydrogen) atoms. The molecule has 9 heteroatoms. The van der Waals surface area contributed by atoms with Crippen LogP contribution >= 0.6 is 23.1 Å². The number of nitrogens with one attached hydrogen (secondary N) is 2. The van der Waals surface area contributed by atoms with Gasteiger partial charge < -0.3 is 10.2 Å². The lowest BCUT2D eigenvalue weighted by atomic mass is 10.1. The zero-order valence-corrected chi connectivity index (χ0v) is 18.4. The number of aromatic nitrogens is 3. The number of hydrogen-bond donors (Lipinski definition) is 2. The minimum absolute atomic E-state index is 0.0469. The number of thioether (sulfide) groups is 1. The van der Waals surface area contributed by atoms with Gasteiger partial charge in [0.25, 0.3) is 5.91 Å². The maximum Gasteiger partial charge on any atom is 0.253 e. The van der Waals surface area contributed by atoms with Gasteiger partial charge in [-0.2, -0.15) is 0 Å². The lowest BCUT2D eigenvalue weighted by Gasteiger charge is -2.19. The molecule has 2 aromatic heterocycles. The maximum atomic E-state index is 12.5. The number of anilines is 1. The molecule has 0 saturated carbocycles. The van der Waals surface area contributed by atoms with E-state index in [0.29, 0.717) is 35.3 Å². The number of H-pyrrole nitrogens is 1. The first kappa shape index (κ1) is 21.8. The molecule has 1 aromatic carbocycles. The molecule has 0 fully saturated rings. The van der Waals surface area contributed by atoms with E-state index in [2.05, 4.69) is 20.5 Å². The first-order valence-electron chi connectivity index (χ1n) is 9.55. The summed E-state index contributed by atoms with van der Waals surface area (Å²) in [7, 11) is 0. The number of benzene rings is 1. The van der Waals surface area contributed by atoms with Crippen LogP contribution in [0.4, 0.5) is 5.69 Å². The number of carbonyl (C=O) groups is 2. The van der Waals surface area contributed by atoms with Crippen LogP contribution in [0.1, 0.15) is 34.9 Å². The predicted molar refractivity (Wildman–Crippen MR) is 123 cm³/mol. The summed E-state index contributed by atoms with van der Waals surface area (Å²) >= 11 is 2.88. The van der Waals surface area contributed by atoms with Crippen molar-refractivity contribution in [1.82, 2.24) is 20.1 Å². The van der Waals surface area contributed by atoms with Gasteiger partial charge in [0.1, 0.15) is 5.82 Å². The summed E-state index contributed by atoms with van der Waals surface area (Å²) in [6.45, 7) is 5.17. The lowest BCUT2D eigenvalue weighted by Crippen LogP contribution is -2.30. The zero-order valence-electron chi connectivity index (χ0n) is 16.8. The van der Waals surface area contributed by atoms with Crippen molar-refractivity contribution < 1.29 is 9.59 Å². The van der Waals surface area contributed by atoms with Gasteiger partial charge in [0, 0.05) is 29.2 Å². The Balaban J connectivity index is 1.53. The second-order valence-electron chi connectivity index (χ2n) is 6.25. The van der Waals surface area contributed by atoms with Crippen LogP contribution in [0.2, 0.25) is 0 Å². The molecular formula is C21H23N5O2S2. The first-order valence-corrected chi connectivity index (χ1v) is 11.4. The maximum absolute atomic E-state index is 12.5. The van der Waals surface area contributed by atoms with E-state index in [1.165, 1.54) is 11.8 Å². The summed E-state index contributed by atoms with van der Waals surface area (Å²) in [5, 5.41) is 12.3. The number of nitrogens with zero attached hydrogens (tertiary/aromatic N) is 3. The topological polar surface area (TPSA) is 91.0 Å². The Morgan fingerprint density at radius 3 is 2.77 bits per heavy atom. The highest BCUT2D eigenvalue weighted by Gasteiger charge is 2.13. The summed E-state index contributed by atoms with van der Waals surface area (Å²) in [6, 6.07) is 11.0. The normalized spacial score (nSPS) is 11.0. The van der Waals surface area contributed by atoms with E-state index in [9.17, 15) is 9.59 Å². The monoisotopic (exact) mass is 441 g/mol. The van der Waals surface area contributed by atoms with Crippen LogP contribution in [0.3, 0.4) is 0 Å². The third-order valence-electron chi connectivity index (χ3n) is 4.21. The van der Waals surface area contributed by atoms with Crippen molar-refractivity contribution in [2.75, 3.05) is 24.2 Å². The molecule has 2 heterocycles. The van der Waals surface area contributed by atoms with Crippen LogP contribution in [0.5, 0.6) is 0 Å². The molecule has 0 aliphatic rings. The molecule has 0 aliphatic heterocycles. The second-order valence-corrected chi connectivity index (χ2v) is 8.17. The third kappa shape index (κ3) is 6.04. The van der Waals surface area contributed by atoms with E-state index in [0.717, 1.165) is 4.88 Å². The quantitative estimate of drug-likeness (QED) is 0.485. The molecular weight excluding hydrogens is 418 g/mol. The van der Waals surface area contributed by atoms with E-state index in [1.807, 2.05) is 43.5 Å². The van der Waals surface area contributed by atoms with Crippen LogP contribution in [0.15, 0.2) is 46.9 Å². The Morgan fingerprint density at radius 1 is 1.20 bits per heavy atom. The van der Waals surface area contributed by atoms with Crippen LogP contribution < -0.4 is 5.32 Å². The molecule has 0 unspecified atom stereocenters. The smallest absolute Gasteiger partial charge is 0.253 e. The standard InChI is InChI=1S/C21H23N5O2S2/c1-3-26(4-2)20(28)15-7-5-8-16(13-15)22-19(27)14-30-21-23-18(24-25-21)11-10-17-9-6-12-29-17/h5-13H,3-4,14H2,1-2H3,(H,22,27)(H,23,24,25)/b11-10+. The van der Waals surface area contributed by atoms with Crippen molar-refractivity contribution >= 4 is 52.8 Å². The van der Waals surface area contributed by atoms with Crippen molar-refractivity contribution in [1.29, 1.82) is 0 Å². The average Bonchev–Trinajstić information content (AvgIpc) is 3.43. The number of carbonyl (C=O) groups excluding carboxylic acids is 2. The Kier molecular flexibility index (Phi) is 7.81. The number of aromatic amines is 1. The van der Waals surface area contributed by atoms with Gasteiger partial charge in [-0.25, -0.2) is 4.98 Å². The predicted octanol–water partition coefficient (Wildman–Crippen LogP) is 4.25. The average molecular weight is 442 g/mol. The molecule has 0 radical (unpaired) electrons. The van der Waals surface area contributed by atoms with E-state index < -0.39 is 0 Å². The summed E-state index contributed by atoms with van der Waals surface area (Å²) in [5.41, 5.74) is 1.15. The van der Waals surface area contributed by atoms with Crippen molar-refractivity contribution in [2.24, 2.45) is 0 Å². The molecule has 0 atom stereocenters. The highest BCUT2D eigenvalue weighted by Crippen LogP contribution is 2.17. The van der Waals surface area contributed by atoms with E-state index in [4.69, 9.17) is 0 Å². The van der Waals surface area contributed by atoms with Gasteiger partial charge in [-0.15, -0.1) is 16.4 Å². The molecule has 0 spiro atoms. The van der Waals surface area contributed by atoms with Gasteiger partial charge in [-0.1, -0.05) is 23.9 Å². The highest BCUT2D eigenvalue weighted by molar-refractivity contribution is 7.99. The Labute approximate surface area is 183 Å². The minimum Gasteiger partial charge on any atom is -0.339 e. The SMILES string of the molecule is CCN(CC)C(=O)c1cccc(NC(=O)CSc2n[nH]c(/C=C/c3cccs3)n2)c1. The lowest BCUT2D eigenvalue weighted by molar-refractivity contribution is -0.113. The molecule has 0 bridgehead atoms. The number of rotatable bonds is 9. The van der Waals surface area contributed by atoms with Gasteiger partial charge in [-0.05, 0) is 55.6 Å². The van der Waals surface area contributed by atoms with Crippen LogP contribution in [-0.4, -0.2) is 50.7 Å². The number of hydrogen-bond acceptors (Lipinski definition) is 6. The van der Waals surface area contributed by atoms with Crippen LogP contribution in [0.25, 0.3) is 12.2 Å². The number of amides is 2. The van der Waals surface area contributed by atoms with E-state index in [1.54, 1.807) is 40.5 Å². The molecule has 3 aromatic rings. The molecule has 2 N–H and O–H groups in total. The first-order chi connectivity index (χ1) is 14.6. The summed E-state index contributed by atoms with van der Waals surface area (Å²) in [4.78, 5) is 32.0. The third-order valence-corrected chi connectivity index (χ3v) is 5.89. The van der Waals surface area contributed by atoms with Crippen molar-refractivity contribution in [3.8, 4) is 0 Å². The van der Waals surface area contributed by atoms with Gasteiger partial charge in [-0.3, -0.25) is 14.7 Å². The molecule has 0 aliphatic carbocycles. The summed E-state index contributed by atoms with van der Waals surface area (Å²) < 4.78 is 0. The molecule has 0 saturated heterocycles. The van der Waals surface area contributed by atoms with Gasteiger partial charge in [0.15, 0.2) is 0 Å². The van der Waals surface area contributed by atoms with Crippen molar-refractivity contribution in [3.63, 3.8) is 0 Å². The largest absolute Gasteiger partial charge is 0.339 e. The molecule has 7 nitrogen and oxygen atoms in total. The Hall–Kier alpha value is -2.91. The zero-order chi connectivity index (χ0) is 21.3. The fourth-order valence-electron chi connectivity index (χ4n) is 2.69. The number of thiophene rings is 1. The fourth-order valence-corrected chi connectivity index (χ4v) is 3.92. The molecule has 156 valence electrons. The van der Waals surface area contributed by atoms with Gasteiger partial charge in [0.05, 0.1) is 5.75 Å². The van der Waals surface area contributed by atoms with Gasteiger partial charge >= 0.3 is 0 Å². The van der Waals surface area contributed by atoms with Crippen molar-refractivity contribution in [3.05, 3.63) is 58.0 Å². The molecule has 2 amide bonds. The van der Waals surface area contributed by atoms with Crippen LogP contribution in [-0.2, 0) is 4.79 Å². The van der Waals surface area contributed by atoms with Gasteiger partial charge in [0.2, 0.25) is 11.1 Å².